The summed E-state index contributed by atoms with van der Waals surface area (Å²) in [6, 6.07) is 4.05. The minimum atomic E-state index is 0. The summed E-state index contributed by atoms with van der Waals surface area (Å²) >= 11 is 0. The number of methoxy groups -OCH3 is 1. The Morgan fingerprint density at radius 1 is 1.24 bits per heavy atom. The Labute approximate surface area is 145 Å². The molecule has 0 saturated carbocycles. The van der Waals surface area contributed by atoms with Crippen LogP contribution in [0.5, 0.6) is 0 Å². The van der Waals surface area contributed by atoms with Crippen LogP contribution in [0.2, 0.25) is 0 Å². The molecule has 0 radical (unpaired) electrons. The average Bonchev–Trinajstić information content (AvgIpc) is 2.88. The molecule has 1 unspecified atom stereocenters. The van der Waals surface area contributed by atoms with Gasteiger partial charge in [0.25, 0.3) is 0 Å². The maximum absolute atomic E-state index is 5.52. The maximum atomic E-state index is 5.52. The molecule has 0 aliphatic carbocycles. The van der Waals surface area contributed by atoms with Crippen molar-refractivity contribution < 1.29 is 4.74 Å². The first kappa shape index (κ1) is 20.2. The van der Waals surface area contributed by atoms with Crippen LogP contribution in [0.3, 0.4) is 0 Å². The first-order valence-electron chi connectivity index (χ1n) is 7.05. The molecule has 0 aliphatic rings. The van der Waals surface area contributed by atoms with Gasteiger partial charge in [-0.05, 0) is 17.5 Å². The SMILES string of the molecule is CN=C(NCCn1cccc1)NCC(OC)C(C)(C)C.I. The number of nitrogens with one attached hydrogen (secondary N) is 2. The molecule has 2 N–H and O–H groups in total. The highest BCUT2D eigenvalue weighted by molar-refractivity contribution is 14.0. The second-order valence-corrected chi connectivity index (χ2v) is 5.89. The number of rotatable bonds is 6. The summed E-state index contributed by atoms with van der Waals surface area (Å²) in [6.07, 6.45) is 4.25. The van der Waals surface area contributed by atoms with Crippen LogP contribution in [-0.2, 0) is 11.3 Å². The highest BCUT2D eigenvalue weighted by Gasteiger charge is 2.24. The average molecular weight is 408 g/mol. The van der Waals surface area contributed by atoms with E-state index in [0.29, 0.717) is 0 Å². The Balaban J connectivity index is 0.00000400. The molecule has 0 aromatic carbocycles. The molecule has 1 aromatic heterocycles. The second kappa shape index (κ2) is 10.0. The normalized spacial score (nSPS) is 13.5. The van der Waals surface area contributed by atoms with E-state index in [1.54, 1.807) is 14.2 Å². The van der Waals surface area contributed by atoms with Crippen molar-refractivity contribution in [2.24, 2.45) is 10.4 Å². The van der Waals surface area contributed by atoms with E-state index in [4.69, 9.17) is 4.74 Å². The molecule has 21 heavy (non-hydrogen) atoms. The van der Waals surface area contributed by atoms with Gasteiger partial charge in [-0.3, -0.25) is 4.99 Å². The lowest BCUT2D eigenvalue weighted by Gasteiger charge is -2.30. The van der Waals surface area contributed by atoms with E-state index in [-0.39, 0.29) is 35.5 Å². The van der Waals surface area contributed by atoms with E-state index in [9.17, 15) is 0 Å². The van der Waals surface area contributed by atoms with Gasteiger partial charge in [0.15, 0.2) is 5.96 Å². The first-order valence-corrected chi connectivity index (χ1v) is 7.05. The fourth-order valence-electron chi connectivity index (χ4n) is 1.98. The quantitative estimate of drug-likeness (QED) is 0.432. The monoisotopic (exact) mass is 408 g/mol. The van der Waals surface area contributed by atoms with Crippen LogP contribution in [-0.4, -0.2) is 43.9 Å². The highest BCUT2D eigenvalue weighted by atomic mass is 127. The topological polar surface area (TPSA) is 50.6 Å². The van der Waals surface area contributed by atoms with E-state index in [2.05, 4.69) is 53.4 Å². The van der Waals surface area contributed by atoms with Gasteiger partial charge in [-0.2, -0.15) is 0 Å². The minimum absolute atomic E-state index is 0. The maximum Gasteiger partial charge on any atom is 0.191 e. The first-order chi connectivity index (χ1) is 9.47. The molecule has 1 atom stereocenters. The second-order valence-electron chi connectivity index (χ2n) is 5.89. The van der Waals surface area contributed by atoms with Gasteiger partial charge in [-0.1, -0.05) is 20.8 Å². The molecule has 0 spiro atoms. The lowest BCUT2D eigenvalue weighted by atomic mass is 9.89. The molecule has 0 aliphatic heterocycles. The minimum Gasteiger partial charge on any atom is -0.379 e. The summed E-state index contributed by atoms with van der Waals surface area (Å²) in [4.78, 5) is 4.22. The fourth-order valence-corrected chi connectivity index (χ4v) is 1.98. The van der Waals surface area contributed by atoms with E-state index < -0.39 is 0 Å². The predicted octanol–water partition coefficient (Wildman–Crippen LogP) is 2.33. The Morgan fingerprint density at radius 3 is 2.33 bits per heavy atom. The Kier molecular flexibility index (Phi) is 9.68. The van der Waals surface area contributed by atoms with Crippen molar-refractivity contribution in [2.45, 2.75) is 33.4 Å². The summed E-state index contributed by atoms with van der Waals surface area (Å²) in [5, 5.41) is 6.61. The summed E-state index contributed by atoms with van der Waals surface area (Å²) in [5.41, 5.74) is 0.103. The van der Waals surface area contributed by atoms with Gasteiger partial charge in [-0.15, -0.1) is 24.0 Å². The lowest BCUT2D eigenvalue weighted by molar-refractivity contribution is 0.0205. The van der Waals surface area contributed by atoms with E-state index >= 15 is 0 Å². The van der Waals surface area contributed by atoms with Gasteiger partial charge >= 0.3 is 0 Å². The van der Waals surface area contributed by atoms with Crippen LogP contribution in [0.1, 0.15) is 20.8 Å². The fraction of sp³-hybridized carbons (Fsp3) is 0.667. The van der Waals surface area contributed by atoms with Gasteiger partial charge in [0.2, 0.25) is 0 Å². The highest BCUT2D eigenvalue weighted by Crippen LogP contribution is 2.20. The Morgan fingerprint density at radius 2 is 1.86 bits per heavy atom. The smallest absolute Gasteiger partial charge is 0.191 e. The number of halogens is 1. The molecule has 122 valence electrons. The van der Waals surface area contributed by atoms with Crippen molar-refractivity contribution >= 4 is 29.9 Å². The third-order valence-corrected chi connectivity index (χ3v) is 3.26. The molecule has 1 rings (SSSR count). The van der Waals surface area contributed by atoms with Crippen LogP contribution in [0.15, 0.2) is 29.5 Å². The molecular formula is C15H29IN4O. The lowest BCUT2D eigenvalue weighted by Crippen LogP contribution is -2.45. The molecule has 1 aromatic rings. The largest absolute Gasteiger partial charge is 0.379 e. The van der Waals surface area contributed by atoms with Crippen molar-refractivity contribution in [2.75, 3.05) is 27.2 Å². The van der Waals surface area contributed by atoms with Crippen molar-refractivity contribution in [3.8, 4) is 0 Å². The standard InChI is InChI=1S/C15H28N4O.HI/c1-15(2,3)13(20-5)12-18-14(16-4)17-8-11-19-9-6-7-10-19;/h6-7,9-10,13H,8,11-12H2,1-5H3,(H2,16,17,18);1H. The molecule has 0 bridgehead atoms. The van der Waals surface area contributed by atoms with Crippen LogP contribution < -0.4 is 10.6 Å². The molecular weight excluding hydrogens is 379 g/mol. The van der Waals surface area contributed by atoms with Crippen LogP contribution in [0.4, 0.5) is 0 Å². The van der Waals surface area contributed by atoms with Crippen molar-refractivity contribution in [1.29, 1.82) is 0 Å². The van der Waals surface area contributed by atoms with Crippen molar-refractivity contribution in [3.63, 3.8) is 0 Å². The summed E-state index contributed by atoms with van der Waals surface area (Å²) in [5.74, 6) is 0.809. The summed E-state index contributed by atoms with van der Waals surface area (Å²) in [6.45, 7) is 9.01. The number of hydrogen-bond acceptors (Lipinski definition) is 2. The van der Waals surface area contributed by atoms with Crippen molar-refractivity contribution in [3.05, 3.63) is 24.5 Å². The van der Waals surface area contributed by atoms with Gasteiger partial charge in [0.1, 0.15) is 0 Å². The Bertz CT molecular complexity index is 398. The number of aliphatic imine (C=N–C) groups is 1. The number of aromatic nitrogens is 1. The van der Waals surface area contributed by atoms with Gasteiger partial charge < -0.3 is 19.9 Å². The summed E-state index contributed by atoms with van der Waals surface area (Å²) in [7, 11) is 3.53. The third-order valence-electron chi connectivity index (χ3n) is 3.26. The van der Waals surface area contributed by atoms with E-state index in [1.165, 1.54) is 0 Å². The molecule has 0 fully saturated rings. The van der Waals surface area contributed by atoms with E-state index in [0.717, 1.165) is 25.6 Å². The van der Waals surface area contributed by atoms with Crippen LogP contribution >= 0.6 is 24.0 Å². The molecule has 0 saturated heterocycles. The van der Waals surface area contributed by atoms with Crippen LogP contribution in [0, 0.1) is 5.41 Å². The number of hydrogen-bond donors (Lipinski definition) is 2. The van der Waals surface area contributed by atoms with Crippen molar-refractivity contribution in [1.82, 2.24) is 15.2 Å². The van der Waals surface area contributed by atoms with E-state index in [1.807, 2.05) is 12.1 Å². The molecule has 5 nitrogen and oxygen atoms in total. The number of ether oxygens (including phenoxy) is 1. The Hall–Kier alpha value is -0.760. The third kappa shape index (κ3) is 7.71. The molecule has 6 heteroatoms. The van der Waals surface area contributed by atoms with Gasteiger partial charge in [0, 0.05) is 46.2 Å². The zero-order valence-electron chi connectivity index (χ0n) is 13.7. The zero-order valence-corrected chi connectivity index (χ0v) is 16.0. The van der Waals surface area contributed by atoms with Crippen LogP contribution in [0.25, 0.3) is 0 Å². The summed E-state index contributed by atoms with van der Waals surface area (Å²) < 4.78 is 7.66. The molecule has 0 amide bonds. The zero-order chi connectivity index (χ0) is 15.0. The number of nitrogens with zero attached hydrogens (tertiary/aromatic N) is 2. The van der Waals surface area contributed by atoms with Gasteiger partial charge in [-0.25, -0.2) is 0 Å². The molecule has 1 heterocycles. The number of guanidine groups is 1. The van der Waals surface area contributed by atoms with Gasteiger partial charge in [0.05, 0.1) is 6.10 Å². The predicted molar refractivity (Wildman–Crippen MR) is 99.5 cm³/mol.